The highest BCUT2D eigenvalue weighted by atomic mass is 16.6. The molecule has 0 aromatic heterocycles. The van der Waals surface area contributed by atoms with Crippen molar-refractivity contribution in [2.75, 3.05) is 18.5 Å². The van der Waals surface area contributed by atoms with Crippen LogP contribution in [0.25, 0.3) is 0 Å². The standard InChI is InChI=1S/C19H21N3O7/c1-3-9-28-17-11-14(16(22(26)27)12-18(17)29-10-4-2)20-19(23)13-7-5-6-8-15(13)21(24)25/h5-8,11-12H,3-4,9-10H2,1-2H3,(H,20,23). The number of hydrogen-bond donors (Lipinski definition) is 1. The summed E-state index contributed by atoms with van der Waals surface area (Å²) in [5.74, 6) is -0.413. The van der Waals surface area contributed by atoms with E-state index in [4.69, 9.17) is 9.47 Å². The number of ether oxygens (including phenoxy) is 2. The molecule has 0 aliphatic carbocycles. The summed E-state index contributed by atoms with van der Waals surface area (Å²) < 4.78 is 11.1. The molecule has 0 bridgehead atoms. The van der Waals surface area contributed by atoms with Gasteiger partial charge in [0.1, 0.15) is 11.3 Å². The van der Waals surface area contributed by atoms with Gasteiger partial charge in [-0.05, 0) is 18.9 Å². The number of nitrogens with zero attached hydrogens (tertiary/aromatic N) is 2. The molecule has 1 N–H and O–H groups in total. The Hall–Kier alpha value is -3.69. The summed E-state index contributed by atoms with van der Waals surface area (Å²) in [5, 5.41) is 25.1. The fraction of sp³-hybridized carbons (Fsp3) is 0.316. The van der Waals surface area contributed by atoms with E-state index in [1.54, 1.807) is 0 Å². The van der Waals surface area contributed by atoms with E-state index in [9.17, 15) is 25.0 Å². The Morgan fingerprint density at radius 3 is 2.03 bits per heavy atom. The number of nitro benzene ring substituents is 2. The zero-order valence-corrected chi connectivity index (χ0v) is 16.0. The highest BCUT2D eigenvalue weighted by molar-refractivity contribution is 6.08. The van der Waals surface area contributed by atoms with Crippen LogP contribution in [0.5, 0.6) is 11.5 Å². The molecule has 0 heterocycles. The Kier molecular flexibility index (Phi) is 7.47. The van der Waals surface area contributed by atoms with E-state index in [1.807, 2.05) is 13.8 Å². The van der Waals surface area contributed by atoms with Gasteiger partial charge in [-0.3, -0.25) is 25.0 Å². The lowest BCUT2D eigenvalue weighted by Crippen LogP contribution is -2.15. The van der Waals surface area contributed by atoms with Gasteiger partial charge in [-0.15, -0.1) is 0 Å². The molecule has 0 saturated carbocycles. The minimum absolute atomic E-state index is 0.145. The number of carbonyl (C=O) groups excluding carboxylic acids is 1. The lowest BCUT2D eigenvalue weighted by Gasteiger charge is -2.14. The smallest absolute Gasteiger partial charge is 0.296 e. The normalized spacial score (nSPS) is 10.3. The molecule has 10 heteroatoms. The van der Waals surface area contributed by atoms with Crippen molar-refractivity contribution in [1.29, 1.82) is 0 Å². The molecule has 0 fully saturated rings. The van der Waals surface area contributed by atoms with Crippen LogP contribution in [0, 0.1) is 20.2 Å². The van der Waals surface area contributed by atoms with Crippen molar-refractivity contribution in [2.45, 2.75) is 26.7 Å². The molecule has 2 aromatic carbocycles. The molecule has 0 spiro atoms. The van der Waals surface area contributed by atoms with Crippen molar-refractivity contribution in [3.05, 3.63) is 62.2 Å². The number of benzene rings is 2. The first-order valence-electron chi connectivity index (χ1n) is 9.01. The van der Waals surface area contributed by atoms with Crippen LogP contribution in [-0.4, -0.2) is 29.0 Å². The predicted octanol–water partition coefficient (Wildman–Crippen LogP) is 4.33. The van der Waals surface area contributed by atoms with Crippen LogP contribution in [0.15, 0.2) is 36.4 Å². The lowest BCUT2D eigenvalue weighted by atomic mass is 10.1. The molecule has 154 valence electrons. The lowest BCUT2D eigenvalue weighted by molar-refractivity contribution is -0.385. The number of rotatable bonds is 10. The van der Waals surface area contributed by atoms with Crippen molar-refractivity contribution >= 4 is 23.0 Å². The minimum Gasteiger partial charge on any atom is -0.490 e. The second-order valence-corrected chi connectivity index (χ2v) is 6.00. The van der Waals surface area contributed by atoms with Crippen LogP contribution in [0.3, 0.4) is 0 Å². The van der Waals surface area contributed by atoms with E-state index in [1.165, 1.54) is 36.4 Å². The highest BCUT2D eigenvalue weighted by Gasteiger charge is 2.25. The fourth-order valence-electron chi connectivity index (χ4n) is 2.46. The summed E-state index contributed by atoms with van der Waals surface area (Å²) in [6.45, 7) is 4.47. The Labute approximate surface area is 166 Å². The van der Waals surface area contributed by atoms with E-state index >= 15 is 0 Å². The van der Waals surface area contributed by atoms with Gasteiger partial charge in [0, 0.05) is 12.1 Å². The van der Waals surface area contributed by atoms with Gasteiger partial charge in [0.25, 0.3) is 17.3 Å². The fourth-order valence-corrected chi connectivity index (χ4v) is 2.46. The van der Waals surface area contributed by atoms with Gasteiger partial charge >= 0.3 is 0 Å². The second kappa shape index (κ2) is 10.0. The zero-order valence-electron chi connectivity index (χ0n) is 16.0. The molecule has 0 radical (unpaired) electrons. The molecule has 10 nitrogen and oxygen atoms in total. The first-order chi connectivity index (χ1) is 13.9. The Morgan fingerprint density at radius 1 is 0.931 bits per heavy atom. The summed E-state index contributed by atoms with van der Waals surface area (Å²) in [6, 6.07) is 7.82. The van der Waals surface area contributed by atoms with Crippen LogP contribution in [-0.2, 0) is 0 Å². The van der Waals surface area contributed by atoms with E-state index in [2.05, 4.69) is 5.32 Å². The van der Waals surface area contributed by atoms with Crippen molar-refractivity contribution in [3.8, 4) is 11.5 Å². The Balaban J connectivity index is 2.46. The third-order valence-corrected chi connectivity index (χ3v) is 3.78. The van der Waals surface area contributed by atoms with Gasteiger partial charge in [-0.25, -0.2) is 0 Å². The third kappa shape index (κ3) is 5.41. The maximum absolute atomic E-state index is 12.6. The second-order valence-electron chi connectivity index (χ2n) is 6.00. The number of anilines is 1. The first kappa shape index (κ1) is 21.6. The molecule has 0 unspecified atom stereocenters. The topological polar surface area (TPSA) is 134 Å². The number of carbonyl (C=O) groups is 1. The maximum Gasteiger partial charge on any atom is 0.296 e. The monoisotopic (exact) mass is 403 g/mol. The van der Waals surface area contributed by atoms with Crippen LogP contribution in [0.1, 0.15) is 37.0 Å². The molecule has 2 aromatic rings. The molecular formula is C19H21N3O7. The maximum atomic E-state index is 12.6. The Morgan fingerprint density at radius 2 is 1.48 bits per heavy atom. The summed E-state index contributed by atoms with van der Waals surface area (Å²) in [5.41, 5.74) is -1.17. The molecule has 29 heavy (non-hydrogen) atoms. The highest BCUT2D eigenvalue weighted by Crippen LogP contribution is 2.38. The quantitative estimate of drug-likeness (QED) is 0.461. The summed E-state index contributed by atoms with van der Waals surface area (Å²) >= 11 is 0. The van der Waals surface area contributed by atoms with Crippen LogP contribution in [0.4, 0.5) is 17.1 Å². The molecule has 0 aliphatic heterocycles. The summed E-state index contributed by atoms with van der Waals surface area (Å²) in [4.78, 5) is 33.9. The summed E-state index contributed by atoms with van der Waals surface area (Å²) in [7, 11) is 0. The van der Waals surface area contributed by atoms with Crippen LogP contribution in [0.2, 0.25) is 0 Å². The van der Waals surface area contributed by atoms with Gasteiger partial charge < -0.3 is 14.8 Å². The number of nitro groups is 2. The molecule has 0 saturated heterocycles. The molecular weight excluding hydrogens is 382 g/mol. The largest absolute Gasteiger partial charge is 0.490 e. The SMILES string of the molecule is CCCOc1cc(NC(=O)c2ccccc2[N+](=O)[O-])c([N+](=O)[O-])cc1OCCC. The summed E-state index contributed by atoms with van der Waals surface area (Å²) in [6.07, 6.45) is 1.39. The van der Waals surface area contributed by atoms with Crippen molar-refractivity contribution in [2.24, 2.45) is 0 Å². The molecule has 1 amide bonds. The minimum atomic E-state index is -0.843. The van der Waals surface area contributed by atoms with E-state index in [0.717, 1.165) is 0 Å². The average Bonchev–Trinajstić information content (AvgIpc) is 2.70. The van der Waals surface area contributed by atoms with Gasteiger partial charge in [0.2, 0.25) is 0 Å². The average molecular weight is 403 g/mol. The molecule has 0 aliphatic rings. The van der Waals surface area contributed by atoms with Crippen molar-refractivity contribution in [3.63, 3.8) is 0 Å². The zero-order chi connectivity index (χ0) is 21.4. The van der Waals surface area contributed by atoms with Crippen LogP contribution < -0.4 is 14.8 Å². The van der Waals surface area contributed by atoms with Crippen LogP contribution >= 0.6 is 0 Å². The molecule has 0 atom stereocenters. The third-order valence-electron chi connectivity index (χ3n) is 3.78. The van der Waals surface area contributed by atoms with E-state index in [0.29, 0.717) is 26.1 Å². The number of nitrogens with one attached hydrogen (secondary N) is 1. The van der Waals surface area contributed by atoms with Gasteiger partial charge in [0.05, 0.1) is 29.1 Å². The van der Waals surface area contributed by atoms with Crippen molar-refractivity contribution in [1.82, 2.24) is 0 Å². The van der Waals surface area contributed by atoms with E-state index < -0.39 is 27.1 Å². The first-order valence-corrected chi connectivity index (χ1v) is 9.01. The Bertz CT molecular complexity index is 915. The predicted molar refractivity (Wildman–Crippen MR) is 106 cm³/mol. The molecule has 2 rings (SSSR count). The van der Waals surface area contributed by atoms with Gasteiger partial charge in [-0.1, -0.05) is 26.0 Å². The van der Waals surface area contributed by atoms with Gasteiger partial charge in [0.15, 0.2) is 11.5 Å². The van der Waals surface area contributed by atoms with Gasteiger partial charge in [-0.2, -0.15) is 0 Å². The van der Waals surface area contributed by atoms with Crippen molar-refractivity contribution < 1.29 is 24.1 Å². The number of para-hydroxylation sites is 1. The number of hydrogen-bond acceptors (Lipinski definition) is 7. The van der Waals surface area contributed by atoms with E-state index in [-0.39, 0.29) is 22.7 Å². The number of amides is 1.